The lowest BCUT2D eigenvalue weighted by Crippen LogP contribution is -2.36. The molecule has 2 amide bonds. The summed E-state index contributed by atoms with van der Waals surface area (Å²) in [6, 6.07) is 5.40. The summed E-state index contributed by atoms with van der Waals surface area (Å²) in [6.45, 7) is 0.637. The minimum atomic E-state index is -0.0972. The van der Waals surface area contributed by atoms with Crippen LogP contribution in [0.25, 0.3) is 0 Å². The first-order chi connectivity index (χ1) is 7.54. The molecule has 3 nitrogen and oxygen atoms in total. The van der Waals surface area contributed by atoms with Crippen LogP contribution in [0, 0.1) is 0 Å². The van der Waals surface area contributed by atoms with Crippen LogP contribution in [0.15, 0.2) is 18.2 Å². The Morgan fingerprint density at radius 1 is 1.38 bits per heavy atom. The molecule has 1 aromatic rings. The summed E-state index contributed by atoms with van der Waals surface area (Å²) in [4.78, 5) is 12.8. The van der Waals surface area contributed by atoms with Gasteiger partial charge in [-0.15, -0.1) is 0 Å². The first-order valence-electron chi connectivity index (χ1n) is 4.91. The van der Waals surface area contributed by atoms with Gasteiger partial charge in [-0.3, -0.25) is 0 Å². The maximum atomic E-state index is 11.2. The number of nitrogens with one attached hydrogen (secondary N) is 1. The molecule has 0 atom stereocenters. The Morgan fingerprint density at radius 3 is 2.62 bits per heavy atom. The average Bonchev–Trinajstić information content (AvgIpc) is 2.29. The lowest BCUT2D eigenvalue weighted by atomic mass is 10.1. The number of carbonyl (C=O) groups excluding carboxylic acids is 1. The van der Waals surface area contributed by atoms with Crippen LogP contribution in [0.5, 0.6) is 0 Å². The first kappa shape index (κ1) is 13.1. The Bertz CT molecular complexity index is 382. The van der Waals surface area contributed by atoms with Crippen molar-refractivity contribution in [2.75, 3.05) is 20.6 Å². The van der Waals surface area contributed by atoms with Gasteiger partial charge in [-0.25, -0.2) is 4.79 Å². The molecule has 0 unspecified atom stereocenters. The standard InChI is InChI=1S/C11H14Cl2N2O/c1-14-11(16)15(2)6-5-8-3-4-9(12)10(13)7-8/h3-4,7H,5-6H2,1-2H3,(H,14,16). The number of benzene rings is 1. The van der Waals surface area contributed by atoms with Gasteiger partial charge in [0, 0.05) is 20.6 Å². The van der Waals surface area contributed by atoms with Crippen LogP contribution in [-0.4, -0.2) is 31.6 Å². The van der Waals surface area contributed by atoms with Crippen LogP contribution in [0.2, 0.25) is 10.0 Å². The molecule has 0 spiro atoms. The van der Waals surface area contributed by atoms with Gasteiger partial charge in [0.2, 0.25) is 0 Å². The molecule has 0 saturated carbocycles. The molecule has 0 bridgehead atoms. The second kappa shape index (κ2) is 5.97. The zero-order valence-corrected chi connectivity index (χ0v) is 10.8. The fraction of sp³-hybridized carbons (Fsp3) is 0.364. The lowest BCUT2D eigenvalue weighted by Gasteiger charge is -2.16. The Morgan fingerprint density at radius 2 is 2.06 bits per heavy atom. The molecule has 1 aromatic carbocycles. The minimum absolute atomic E-state index is 0.0972. The van der Waals surface area contributed by atoms with Crippen LogP contribution >= 0.6 is 23.2 Å². The van der Waals surface area contributed by atoms with Crippen molar-refractivity contribution < 1.29 is 4.79 Å². The fourth-order valence-electron chi connectivity index (χ4n) is 1.28. The first-order valence-corrected chi connectivity index (χ1v) is 5.67. The largest absolute Gasteiger partial charge is 0.341 e. The van der Waals surface area contributed by atoms with Gasteiger partial charge in [0.05, 0.1) is 10.0 Å². The van der Waals surface area contributed by atoms with Crippen molar-refractivity contribution in [3.05, 3.63) is 33.8 Å². The van der Waals surface area contributed by atoms with Crippen LogP contribution in [0.4, 0.5) is 4.79 Å². The molecule has 1 N–H and O–H groups in total. The Balaban J connectivity index is 2.55. The Hall–Kier alpha value is -0.930. The highest BCUT2D eigenvalue weighted by Gasteiger charge is 2.06. The zero-order chi connectivity index (χ0) is 12.1. The summed E-state index contributed by atoms with van der Waals surface area (Å²) in [5.41, 5.74) is 1.06. The summed E-state index contributed by atoms with van der Waals surface area (Å²) in [5.74, 6) is 0. The molecular weight excluding hydrogens is 247 g/mol. The van der Waals surface area contributed by atoms with Crippen molar-refractivity contribution in [2.24, 2.45) is 0 Å². The van der Waals surface area contributed by atoms with Gasteiger partial charge in [-0.1, -0.05) is 29.3 Å². The van der Waals surface area contributed by atoms with Gasteiger partial charge in [0.1, 0.15) is 0 Å². The van der Waals surface area contributed by atoms with E-state index in [4.69, 9.17) is 23.2 Å². The van der Waals surface area contributed by atoms with E-state index in [1.54, 1.807) is 25.1 Å². The second-order valence-electron chi connectivity index (χ2n) is 3.48. The van der Waals surface area contributed by atoms with Crippen molar-refractivity contribution in [1.82, 2.24) is 10.2 Å². The number of urea groups is 1. The molecule has 0 fully saturated rings. The molecule has 0 aliphatic heterocycles. The topological polar surface area (TPSA) is 32.3 Å². The van der Waals surface area contributed by atoms with Gasteiger partial charge in [-0.05, 0) is 24.1 Å². The predicted molar refractivity (Wildman–Crippen MR) is 67.3 cm³/mol. The Labute approximate surface area is 105 Å². The van der Waals surface area contributed by atoms with Gasteiger partial charge in [-0.2, -0.15) is 0 Å². The van der Waals surface area contributed by atoms with E-state index in [0.717, 1.165) is 12.0 Å². The molecule has 0 saturated heterocycles. The number of amides is 2. The molecule has 5 heteroatoms. The zero-order valence-electron chi connectivity index (χ0n) is 9.26. The number of likely N-dealkylation sites (N-methyl/N-ethyl adjacent to an activating group) is 1. The average molecular weight is 261 g/mol. The molecule has 88 valence electrons. The SMILES string of the molecule is CNC(=O)N(C)CCc1ccc(Cl)c(Cl)c1. The van der Waals surface area contributed by atoms with Crippen LogP contribution in [0.3, 0.4) is 0 Å². The molecule has 1 rings (SSSR count). The number of carbonyl (C=O) groups is 1. The Kier molecular flexibility index (Phi) is 4.90. The molecule has 0 heterocycles. The van der Waals surface area contributed by atoms with Crippen LogP contribution in [0.1, 0.15) is 5.56 Å². The van der Waals surface area contributed by atoms with E-state index in [1.165, 1.54) is 0 Å². The normalized spacial score (nSPS) is 10.0. The molecule has 0 radical (unpaired) electrons. The summed E-state index contributed by atoms with van der Waals surface area (Å²) in [7, 11) is 3.36. The highest BCUT2D eigenvalue weighted by atomic mass is 35.5. The number of rotatable bonds is 3. The van der Waals surface area contributed by atoms with Crippen molar-refractivity contribution in [3.8, 4) is 0 Å². The van der Waals surface area contributed by atoms with Gasteiger partial charge < -0.3 is 10.2 Å². The number of hydrogen-bond donors (Lipinski definition) is 1. The summed E-state index contributed by atoms with van der Waals surface area (Å²) in [6.07, 6.45) is 0.751. The van der Waals surface area contributed by atoms with Crippen molar-refractivity contribution in [1.29, 1.82) is 0 Å². The number of nitrogens with zero attached hydrogens (tertiary/aromatic N) is 1. The maximum Gasteiger partial charge on any atom is 0.316 e. The van der Waals surface area contributed by atoms with Crippen LogP contribution < -0.4 is 5.32 Å². The van der Waals surface area contributed by atoms with Gasteiger partial charge in [0.25, 0.3) is 0 Å². The predicted octanol–water partition coefficient (Wildman–Crippen LogP) is 2.81. The highest BCUT2D eigenvalue weighted by Crippen LogP contribution is 2.22. The van der Waals surface area contributed by atoms with Crippen molar-refractivity contribution >= 4 is 29.2 Å². The van der Waals surface area contributed by atoms with Gasteiger partial charge >= 0.3 is 6.03 Å². The second-order valence-corrected chi connectivity index (χ2v) is 4.29. The van der Waals surface area contributed by atoms with Crippen molar-refractivity contribution in [2.45, 2.75) is 6.42 Å². The van der Waals surface area contributed by atoms with Crippen LogP contribution in [-0.2, 0) is 6.42 Å². The third-order valence-electron chi connectivity index (χ3n) is 2.28. The summed E-state index contributed by atoms with van der Waals surface area (Å²) < 4.78 is 0. The van der Waals surface area contributed by atoms with E-state index in [2.05, 4.69) is 5.32 Å². The van der Waals surface area contributed by atoms with E-state index < -0.39 is 0 Å². The van der Waals surface area contributed by atoms with E-state index >= 15 is 0 Å². The highest BCUT2D eigenvalue weighted by molar-refractivity contribution is 6.42. The fourth-order valence-corrected chi connectivity index (χ4v) is 1.61. The summed E-state index contributed by atoms with van der Waals surface area (Å²) in [5, 5.41) is 3.65. The minimum Gasteiger partial charge on any atom is -0.341 e. The molecule has 0 aliphatic carbocycles. The lowest BCUT2D eigenvalue weighted by molar-refractivity contribution is 0.211. The maximum absolute atomic E-state index is 11.2. The number of halogens is 2. The van der Waals surface area contributed by atoms with Crippen molar-refractivity contribution in [3.63, 3.8) is 0 Å². The van der Waals surface area contributed by atoms with E-state index in [9.17, 15) is 4.79 Å². The van der Waals surface area contributed by atoms with E-state index in [0.29, 0.717) is 16.6 Å². The monoisotopic (exact) mass is 260 g/mol. The third-order valence-corrected chi connectivity index (χ3v) is 3.02. The molecule has 16 heavy (non-hydrogen) atoms. The van der Waals surface area contributed by atoms with E-state index in [-0.39, 0.29) is 6.03 Å². The quantitative estimate of drug-likeness (QED) is 0.891. The molecule has 0 aromatic heterocycles. The van der Waals surface area contributed by atoms with Gasteiger partial charge in [0.15, 0.2) is 0 Å². The molecular formula is C11H14Cl2N2O. The smallest absolute Gasteiger partial charge is 0.316 e. The molecule has 0 aliphatic rings. The van der Waals surface area contributed by atoms with E-state index in [1.807, 2.05) is 12.1 Å². The summed E-state index contributed by atoms with van der Waals surface area (Å²) >= 11 is 11.7. The number of hydrogen-bond acceptors (Lipinski definition) is 1. The third kappa shape index (κ3) is 3.58.